The van der Waals surface area contributed by atoms with E-state index in [1.165, 1.54) is 24.8 Å². The van der Waals surface area contributed by atoms with Gasteiger partial charge in [-0.25, -0.2) is 0 Å². The van der Waals surface area contributed by atoms with Crippen LogP contribution in [0.15, 0.2) is 24.5 Å². The van der Waals surface area contributed by atoms with Crippen LogP contribution in [0.3, 0.4) is 0 Å². The SMILES string of the molecule is CC(CCNC1CC1)N(C)Cc1cccnc1. The molecule has 17 heavy (non-hydrogen) atoms. The van der Waals surface area contributed by atoms with Crippen LogP contribution in [0.4, 0.5) is 0 Å². The zero-order chi connectivity index (χ0) is 12.1. The molecule has 1 aromatic heterocycles. The number of nitrogens with one attached hydrogen (secondary N) is 1. The van der Waals surface area contributed by atoms with Crippen LogP contribution in [0, 0.1) is 0 Å². The summed E-state index contributed by atoms with van der Waals surface area (Å²) in [5.41, 5.74) is 1.29. The van der Waals surface area contributed by atoms with E-state index in [1.54, 1.807) is 0 Å². The van der Waals surface area contributed by atoms with Crippen molar-refractivity contribution in [3.63, 3.8) is 0 Å². The minimum atomic E-state index is 0.612. The van der Waals surface area contributed by atoms with Crippen LogP contribution in [-0.4, -0.2) is 35.6 Å². The summed E-state index contributed by atoms with van der Waals surface area (Å²) < 4.78 is 0. The molecule has 1 unspecified atom stereocenters. The summed E-state index contributed by atoms with van der Waals surface area (Å²) >= 11 is 0. The van der Waals surface area contributed by atoms with Crippen LogP contribution in [-0.2, 0) is 6.54 Å². The molecular formula is C14H23N3. The zero-order valence-electron chi connectivity index (χ0n) is 10.9. The Hall–Kier alpha value is -0.930. The number of hydrogen-bond acceptors (Lipinski definition) is 3. The molecule has 94 valence electrons. The number of nitrogens with zero attached hydrogens (tertiary/aromatic N) is 2. The molecule has 3 heteroatoms. The van der Waals surface area contributed by atoms with E-state index in [0.717, 1.165) is 19.1 Å². The highest BCUT2D eigenvalue weighted by atomic mass is 15.1. The summed E-state index contributed by atoms with van der Waals surface area (Å²) in [6.45, 7) is 4.42. The van der Waals surface area contributed by atoms with E-state index < -0.39 is 0 Å². The predicted molar refractivity (Wildman–Crippen MR) is 70.8 cm³/mol. The Morgan fingerprint density at radius 2 is 2.35 bits per heavy atom. The Kier molecular flexibility index (Phi) is 4.51. The van der Waals surface area contributed by atoms with Crippen molar-refractivity contribution in [3.05, 3.63) is 30.1 Å². The van der Waals surface area contributed by atoms with Gasteiger partial charge in [-0.1, -0.05) is 6.07 Å². The van der Waals surface area contributed by atoms with E-state index in [2.05, 4.69) is 35.2 Å². The highest BCUT2D eigenvalue weighted by Crippen LogP contribution is 2.18. The topological polar surface area (TPSA) is 28.2 Å². The van der Waals surface area contributed by atoms with Gasteiger partial charge in [0, 0.05) is 31.0 Å². The summed E-state index contributed by atoms with van der Waals surface area (Å²) in [5, 5.41) is 3.57. The molecule has 0 saturated heterocycles. The van der Waals surface area contributed by atoms with E-state index in [-0.39, 0.29) is 0 Å². The van der Waals surface area contributed by atoms with Gasteiger partial charge < -0.3 is 5.32 Å². The number of aromatic nitrogens is 1. The van der Waals surface area contributed by atoms with Gasteiger partial charge >= 0.3 is 0 Å². The van der Waals surface area contributed by atoms with Crippen LogP contribution in [0.2, 0.25) is 0 Å². The van der Waals surface area contributed by atoms with Gasteiger partial charge in [0.25, 0.3) is 0 Å². The van der Waals surface area contributed by atoms with Crippen LogP contribution < -0.4 is 5.32 Å². The van der Waals surface area contributed by atoms with E-state index in [4.69, 9.17) is 0 Å². The first-order valence-electron chi connectivity index (χ1n) is 6.58. The van der Waals surface area contributed by atoms with Crippen LogP contribution in [0.1, 0.15) is 31.7 Å². The van der Waals surface area contributed by atoms with Crippen LogP contribution in [0.25, 0.3) is 0 Å². The molecule has 1 aromatic rings. The lowest BCUT2D eigenvalue weighted by Gasteiger charge is -2.24. The van der Waals surface area contributed by atoms with Crippen molar-refractivity contribution in [1.82, 2.24) is 15.2 Å². The Morgan fingerprint density at radius 1 is 1.53 bits per heavy atom. The van der Waals surface area contributed by atoms with Gasteiger partial charge in [-0.05, 0) is 51.4 Å². The first-order valence-corrected chi connectivity index (χ1v) is 6.58. The fourth-order valence-corrected chi connectivity index (χ4v) is 1.94. The molecule has 1 atom stereocenters. The molecule has 1 fully saturated rings. The Labute approximate surface area is 104 Å². The first kappa shape index (κ1) is 12.5. The molecule has 0 radical (unpaired) electrons. The number of pyridine rings is 1. The Morgan fingerprint density at radius 3 is 3.00 bits per heavy atom. The second kappa shape index (κ2) is 6.12. The van der Waals surface area contributed by atoms with E-state index >= 15 is 0 Å². The molecule has 0 bridgehead atoms. The standard InChI is InChI=1S/C14H23N3/c1-12(7-9-16-14-5-6-14)17(2)11-13-4-3-8-15-10-13/h3-4,8,10,12,14,16H,5-7,9,11H2,1-2H3. The van der Waals surface area contributed by atoms with Gasteiger partial charge in [0.1, 0.15) is 0 Å². The quantitative estimate of drug-likeness (QED) is 0.781. The second-order valence-electron chi connectivity index (χ2n) is 5.14. The van der Waals surface area contributed by atoms with E-state index in [9.17, 15) is 0 Å². The summed E-state index contributed by atoms with van der Waals surface area (Å²) in [5.74, 6) is 0. The van der Waals surface area contributed by atoms with Crippen molar-refractivity contribution in [1.29, 1.82) is 0 Å². The average molecular weight is 233 g/mol. The van der Waals surface area contributed by atoms with Crippen LogP contribution >= 0.6 is 0 Å². The lowest BCUT2D eigenvalue weighted by molar-refractivity contribution is 0.236. The molecule has 3 nitrogen and oxygen atoms in total. The van der Waals surface area contributed by atoms with Crippen molar-refractivity contribution in [2.75, 3.05) is 13.6 Å². The van der Waals surface area contributed by atoms with Gasteiger partial charge in [0.2, 0.25) is 0 Å². The van der Waals surface area contributed by atoms with Crippen molar-refractivity contribution in [2.24, 2.45) is 0 Å². The fourth-order valence-electron chi connectivity index (χ4n) is 1.94. The van der Waals surface area contributed by atoms with Gasteiger partial charge in [-0.15, -0.1) is 0 Å². The van der Waals surface area contributed by atoms with Crippen molar-refractivity contribution >= 4 is 0 Å². The molecule has 1 heterocycles. The Balaban J connectivity index is 1.68. The normalized spacial score (nSPS) is 17.4. The highest BCUT2D eigenvalue weighted by Gasteiger charge is 2.20. The van der Waals surface area contributed by atoms with Gasteiger partial charge in [-0.2, -0.15) is 0 Å². The third-order valence-electron chi connectivity index (χ3n) is 3.48. The average Bonchev–Trinajstić information content (AvgIpc) is 3.14. The molecule has 0 aliphatic heterocycles. The minimum absolute atomic E-state index is 0.612. The summed E-state index contributed by atoms with van der Waals surface area (Å²) in [7, 11) is 2.19. The fraction of sp³-hybridized carbons (Fsp3) is 0.643. The molecule has 0 spiro atoms. The summed E-state index contributed by atoms with van der Waals surface area (Å²) in [4.78, 5) is 6.55. The maximum absolute atomic E-state index is 4.15. The van der Waals surface area contributed by atoms with E-state index in [1.807, 2.05) is 18.5 Å². The maximum Gasteiger partial charge on any atom is 0.0312 e. The summed E-state index contributed by atoms with van der Waals surface area (Å²) in [6, 6.07) is 5.58. The lowest BCUT2D eigenvalue weighted by atomic mass is 10.2. The third-order valence-corrected chi connectivity index (χ3v) is 3.48. The zero-order valence-corrected chi connectivity index (χ0v) is 10.9. The van der Waals surface area contributed by atoms with Crippen LogP contribution in [0.5, 0.6) is 0 Å². The van der Waals surface area contributed by atoms with Crippen molar-refractivity contribution in [2.45, 2.75) is 44.8 Å². The molecule has 0 aromatic carbocycles. The molecule has 1 N–H and O–H groups in total. The van der Waals surface area contributed by atoms with E-state index in [0.29, 0.717) is 6.04 Å². The van der Waals surface area contributed by atoms with Gasteiger partial charge in [0.05, 0.1) is 0 Å². The summed E-state index contributed by atoms with van der Waals surface area (Å²) in [6.07, 6.45) is 7.74. The largest absolute Gasteiger partial charge is 0.314 e. The Bertz CT molecular complexity index is 321. The predicted octanol–water partition coefficient (Wildman–Crippen LogP) is 2.04. The smallest absolute Gasteiger partial charge is 0.0312 e. The maximum atomic E-state index is 4.15. The molecule has 1 aliphatic rings. The molecule has 2 rings (SSSR count). The number of rotatable bonds is 7. The number of hydrogen-bond donors (Lipinski definition) is 1. The monoisotopic (exact) mass is 233 g/mol. The molecular weight excluding hydrogens is 210 g/mol. The van der Waals surface area contributed by atoms with Gasteiger partial charge in [-0.3, -0.25) is 9.88 Å². The van der Waals surface area contributed by atoms with Crippen molar-refractivity contribution in [3.8, 4) is 0 Å². The van der Waals surface area contributed by atoms with Gasteiger partial charge in [0.15, 0.2) is 0 Å². The van der Waals surface area contributed by atoms with Crippen molar-refractivity contribution < 1.29 is 0 Å². The first-order chi connectivity index (χ1) is 8.25. The minimum Gasteiger partial charge on any atom is -0.314 e. The third kappa shape index (κ3) is 4.44. The molecule has 1 aliphatic carbocycles. The molecule has 1 saturated carbocycles. The highest BCUT2D eigenvalue weighted by molar-refractivity contribution is 5.08. The second-order valence-corrected chi connectivity index (χ2v) is 5.14. The lowest BCUT2D eigenvalue weighted by Crippen LogP contribution is -2.32. The molecule has 0 amide bonds.